The van der Waals surface area contributed by atoms with Crippen molar-refractivity contribution in [3.8, 4) is 11.6 Å². The van der Waals surface area contributed by atoms with Crippen molar-refractivity contribution in [2.24, 2.45) is 0 Å². The van der Waals surface area contributed by atoms with Crippen LogP contribution < -0.4 is 0 Å². The minimum Gasteiger partial charge on any atom is -0.338 e. The first-order valence-electron chi connectivity index (χ1n) is 8.25. The maximum atomic E-state index is 12.6. The van der Waals surface area contributed by atoms with E-state index in [0.29, 0.717) is 29.5 Å². The molecule has 0 spiro atoms. The van der Waals surface area contributed by atoms with Gasteiger partial charge in [-0.2, -0.15) is 4.98 Å². The van der Waals surface area contributed by atoms with Gasteiger partial charge in [-0.05, 0) is 37.1 Å². The average Bonchev–Trinajstić information content (AvgIpc) is 3.19. The second-order valence-corrected chi connectivity index (χ2v) is 6.00. The molecule has 1 fully saturated rings. The molecule has 1 aliphatic heterocycles. The van der Waals surface area contributed by atoms with E-state index < -0.39 is 0 Å². The summed E-state index contributed by atoms with van der Waals surface area (Å²) in [7, 11) is 0. The number of hydrogen-bond donors (Lipinski definition) is 0. The fourth-order valence-corrected chi connectivity index (χ4v) is 3.04. The van der Waals surface area contributed by atoms with Crippen LogP contribution in [0, 0.1) is 0 Å². The Morgan fingerprint density at radius 3 is 2.96 bits per heavy atom. The van der Waals surface area contributed by atoms with Gasteiger partial charge in [-0.3, -0.25) is 14.8 Å². The van der Waals surface area contributed by atoms with Gasteiger partial charge in [0.1, 0.15) is 5.69 Å². The molecule has 1 unspecified atom stereocenters. The van der Waals surface area contributed by atoms with Gasteiger partial charge >= 0.3 is 0 Å². The molecule has 1 saturated heterocycles. The van der Waals surface area contributed by atoms with Gasteiger partial charge in [0.2, 0.25) is 0 Å². The predicted octanol–water partition coefficient (Wildman–Crippen LogP) is 2.55. The van der Waals surface area contributed by atoms with Crippen molar-refractivity contribution in [3.63, 3.8) is 0 Å². The molecule has 0 bridgehead atoms. The second-order valence-electron chi connectivity index (χ2n) is 6.00. The number of nitrogens with zero attached hydrogens (tertiary/aromatic N) is 5. The van der Waals surface area contributed by atoms with E-state index in [0.717, 1.165) is 19.4 Å². The number of carbonyl (C=O) groups excluding carboxylic acids is 1. The summed E-state index contributed by atoms with van der Waals surface area (Å²) in [6.45, 7) is 1.31. The number of aromatic nitrogens is 4. The lowest BCUT2D eigenvalue weighted by molar-refractivity contribution is 0.0703. The first-order valence-corrected chi connectivity index (χ1v) is 8.25. The van der Waals surface area contributed by atoms with E-state index in [-0.39, 0.29) is 11.8 Å². The molecule has 1 amide bonds. The van der Waals surface area contributed by atoms with E-state index in [9.17, 15) is 4.79 Å². The Morgan fingerprint density at radius 1 is 1.20 bits per heavy atom. The Kier molecular flexibility index (Phi) is 4.20. The summed E-state index contributed by atoms with van der Waals surface area (Å²) in [5.74, 6) is 1.09. The molecular weight excluding hydrogens is 318 g/mol. The highest BCUT2D eigenvalue weighted by Crippen LogP contribution is 2.27. The molecule has 3 aromatic rings. The van der Waals surface area contributed by atoms with Crippen molar-refractivity contribution in [2.75, 3.05) is 13.1 Å². The molecule has 126 valence electrons. The van der Waals surface area contributed by atoms with Crippen LogP contribution in [0.1, 0.15) is 34.9 Å². The first kappa shape index (κ1) is 15.4. The van der Waals surface area contributed by atoms with E-state index in [1.165, 1.54) is 0 Å². The molecule has 3 aromatic heterocycles. The number of pyridine rings is 2. The minimum absolute atomic E-state index is 0.00811. The largest absolute Gasteiger partial charge is 0.338 e. The highest BCUT2D eigenvalue weighted by molar-refractivity contribution is 5.93. The van der Waals surface area contributed by atoms with Gasteiger partial charge < -0.3 is 9.42 Å². The molecule has 7 nitrogen and oxygen atoms in total. The van der Waals surface area contributed by atoms with Crippen LogP contribution in [-0.2, 0) is 0 Å². The van der Waals surface area contributed by atoms with Crippen LogP contribution in [0.5, 0.6) is 0 Å². The third-order valence-electron chi connectivity index (χ3n) is 4.31. The molecule has 4 rings (SSSR count). The summed E-state index contributed by atoms with van der Waals surface area (Å²) in [6.07, 6.45) is 6.78. The fraction of sp³-hybridized carbons (Fsp3) is 0.278. The van der Waals surface area contributed by atoms with Crippen LogP contribution in [0.2, 0.25) is 0 Å². The summed E-state index contributed by atoms with van der Waals surface area (Å²) in [4.78, 5) is 27.2. The van der Waals surface area contributed by atoms with Crippen LogP contribution in [0.15, 0.2) is 53.4 Å². The number of hydrogen-bond acceptors (Lipinski definition) is 6. The minimum atomic E-state index is -0.00811. The molecule has 0 saturated carbocycles. The molecule has 1 atom stereocenters. The lowest BCUT2D eigenvalue weighted by atomic mass is 9.97. The zero-order valence-corrected chi connectivity index (χ0v) is 13.6. The van der Waals surface area contributed by atoms with E-state index in [4.69, 9.17) is 4.52 Å². The van der Waals surface area contributed by atoms with Crippen molar-refractivity contribution < 1.29 is 9.32 Å². The predicted molar refractivity (Wildman–Crippen MR) is 89.6 cm³/mol. The summed E-state index contributed by atoms with van der Waals surface area (Å²) in [5, 5.41) is 4.11. The third-order valence-corrected chi connectivity index (χ3v) is 4.31. The zero-order valence-electron chi connectivity index (χ0n) is 13.6. The highest BCUT2D eigenvalue weighted by atomic mass is 16.5. The number of piperidine rings is 1. The normalized spacial score (nSPS) is 17.4. The van der Waals surface area contributed by atoms with E-state index in [1.54, 1.807) is 30.7 Å². The molecule has 0 aromatic carbocycles. The van der Waals surface area contributed by atoms with Crippen molar-refractivity contribution >= 4 is 5.91 Å². The molecule has 0 aliphatic carbocycles. The second kappa shape index (κ2) is 6.80. The summed E-state index contributed by atoms with van der Waals surface area (Å²) < 4.78 is 5.35. The molecule has 0 radical (unpaired) electrons. The Bertz CT molecular complexity index is 850. The summed E-state index contributed by atoms with van der Waals surface area (Å²) in [6, 6.07) is 9.10. The molecule has 25 heavy (non-hydrogen) atoms. The lowest BCUT2D eigenvalue weighted by Gasteiger charge is -2.31. The standard InChI is InChI=1S/C18H17N5O2/c24-18(13-5-3-8-19-11-13)23-10-4-6-14(12-23)16-21-17(25-22-16)15-7-1-2-9-20-15/h1-3,5,7-9,11,14H,4,6,10,12H2. The van der Waals surface area contributed by atoms with Gasteiger partial charge in [-0.1, -0.05) is 11.2 Å². The molecular formula is C18H17N5O2. The van der Waals surface area contributed by atoms with Crippen molar-refractivity contribution in [1.29, 1.82) is 0 Å². The average molecular weight is 335 g/mol. The van der Waals surface area contributed by atoms with Crippen molar-refractivity contribution in [3.05, 3.63) is 60.3 Å². The van der Waals surface area contributed by atoms with E-state index >= 15 is 0 Å². The topological polar surface area (TPSA) is 85.0 Å². The van der Waals surface area contributed by atoms with Crippen LogP contribution in [0.4, 0.5) is 0 Å². The highest BCUT2D eigenvalue weighted by Gasteiger charge is 2.28. The van der Waals surface area contributed by atoms with Gasteiger partial charge in [0.05, 0.1) is 5.56 Å². The van der Waals surface area contributed by atoms with Gasteiger partial charge in [0.15, 0.2) is 5.82 Å². The number of likely N-dealkylation sites (tertiary alicyclic amines) is 1. The maximum Gasteiger partial charge on any atom is 0.276 e. The van der Waals surface area contributed by atoms with Crippen LogP contribution in [0.3, 0.4) is 0 Å². The van der Waals surface area contributed by atoms with Crippen LogP contribution in [-0.4, -0.2) is 44.0 Å². The molecule has 1 aliphatic rings. The number of rotatable bonds is 3. The van der Waals surface area contributed by atoms with Gasteiger partial charge in [-0.25, -0.2) is 0 Å². The third kappa shape index (κ3) is 3.26. The van der Waals surface area contributed by atoms with Gasteiger partial charge in [0.25, 0.3) is 11.8 Å². The smallest absolute Gasteiger partial charge is 0.276 e. The Balaban J connectivity index is 1.50. The SMILES string of the molecule is O=C(c1cccnc1)N1CCCC(c2noc(-c3ccccn3)n2)C1. The van der Waals surface area contributed by atoms with E-state index in [1.807, 2.05) is 23.1 Å². The molecule has 0 N–H and O–H groups in total. The maximum absolute atomic E-state index is 12.6. The Labute approximate surface area is 144 Å². The Morgan fingerprint density at radius 2 is 2.16 bits per heavy atom. The summed E-state index contributed by atoms with van der Waals surface area (Å²) >= 11 is 0. The Hall–Kier alpha value is -3.09. The van der Waals surface area contributed by atoms with Crippen molar-refractivity contribution in [2.45, 2.75) is 18.8 Å². The lowest BCUT2D eigenvalue weighted by Crippen LogP contribution is -2.39. The molecule has 7 heteroatoms. The van der Waals surface area contributed by atoms with E-state index in [2.05, 4.69) is 20.1 Å². The number of carbonyl (C=O) groups is 1. The van der Waals surface area contributed by atoms with Gasteiger partial charge in [-0.15, -0.1) is 0 Å². The molecule has 4 heterocycles. The number of amides is 1. The van der Waals surface area contributed by atoms with Crippen LogP contribution in [0.25, 0.3) is 11.6 Å². The van der Waals surface area contributed by atoms with Gasteiger partial charge in [0, 0.05) is 37.6 Å². The zero-order chi connectivity index (χ0) is 17.1. The quantitative estimate of drug-likeness (QED) is 0.731. The summed E-state index contributed by atoms with van der Waals surface area (Å²) in [5.41, 5.74) is 1.26. The van der Waals surface area contributed by atoms with Crippen LogP contribution >= 0.6 is 0 Å². The van der Waals surface area contributed by atoms with Crippen molar-refractivity contribution in [1.82, 2.24) is 25.0 Å². The monoisotopic (exact) mass is 335 g/mol. The fourth-order valence-electron chi connectivity index (χ4n) is 3.04. The first-order chi connectivity index (χ1) is 12.3.